The normalized spacial score (nSPS) is 15.7. The first-order valence-electron chi connectivity index (χ1n) is 10.2. The van der Waals surface area contributed by atoms with Gasteiger partial charge in [0.1, 0.15) is 4.88 Å². The molecule has 1 fully saturated rings. The Hall–Kier alpha value is -1.99. The lowest BCUT2D eigenvalue weighted by atomic mass is 10.0. The van der Waals surface area contributed by atoms with Crippen LogP contribution in [0.25, 0.3) is 0 Å². The van der Waals surface area contributed by atoms with Crippen LogP contribution in [0.15, 0.2) is 18.2 Å². The summed E-state index contributed by atoms with van der Waals surface area (Å²) in [7, 11) is 1.47. The number of ether oxygens (including phenoxy) is 1. The van der Waals surface area contributed by atoms with E-state index >= 15 is 0 Å². The number of nitrogens with one attached hydrogen (secondary N) is 1. The predicted octanol–water partition coefficient (Wildman–Crippen LogP) is 4.19. The van der Waals surface area contributed by atoms with Crippen LogP contribution in [0.1, 0.15) is 52.6 Å². The van der Waals surface area contributed by atoms with Gasteiger partial charge in [-0.2, -0.15) is 0 Å². The molecule has 1 aliphatic rings. The van der Waals surface area contributed by atoms with E-state index in [1.807, 2.05) is 13.0 Å². The first-order chi connectivity index (χ1) is 13.9. The molecule has 1 N–H and O–H groups in total. The van der Waals surface area contributed by atoms with Crippen molar-refractivity contribution in [1.29, 1.82) is 0 Å². The molecule has 29 heavy (non-hydrogen) atoms. The highest BCUT2D eigenvalue weighted by atomic mass is 32.1. The molecule has 1 aromatic carbocycles. The molecule has 0 radical (unpaired) electrons. The molecule has 1 aliphatic heterocycles. The van der Waals surface area contributed by atoms with E-state index in [0.717, 1.165) is 53.5 Å². The van der Waals surface area contributed by atoms with Crippen molar-refractivity contribution >= 4 is 17.2 Å². The zero-order valence-corrected chi connectivity index (χ0v) is 18.4. The van der Waals surface area contributed by atoms with E-state index in [1.165, 1.54) is 24.5 Å². The molecule has 1 amide bonds. The molecule has 3 rings (SSSR count). The molecule has 2 aromatic rings. The minimum absolute atomic E-state index is 0.00863. The van der Waals surface area contributed by atoms with Crippen LogP contribution in [-0.2, 0) is 13.0 Å². The van der Waals surface area contributed by atoms with E-state index in [1.54, 1.807) is 6.07 Å². The third kappa shape index (κ3) is 5.76. The number of aromatic nitrogens is 1. The molecule has 0 aliphatic carbocycles. The Bertz CT molecular complexity index is 845. The monoisotopic (exact) mass is 419 g/mol. The van der Waals surface area contributed by atoms with Crippen LogP contribution in [0.4, 0.5) is 4.39 Å². The van der Waals surface area contributed by atoms with Gasteiger partial charge >= 0.3 is 0 Å². The average Bonchev–Trinajstić information content (AvgIpc) is 3.03. The second kappa shape index (κ2) is 9.67. The number of nitrogens with zero attached hydrogens (tertiary/aromatic N) is 2. The Morgan fingerprint density at radius 3 is 2.72 bits per heavy atom. The summed E-state index contributed by atoms with van der Waals surface area (Å²) in [4.78, 5) is 20.3. The summed E-state index contributed by atoms with van der Waals surface area (Å²) in [5, 5.41) is 4.21. The summed E-state index contributed by atoms with van der Waals surface area (Å²) in [5.41, 5.74) is 1.76. The maximum absolute atomic E-state index is 13.9. The zero-order valence-electron chi connectivity index (χ0n) is 17.6. The first kappa shape index (κ1) is 21.7. The molecule has 0 saturated carbocycles. The summed E-state index contributed by atoms with van der Waals surface area (Å²) in [6, 6.07) is 5.27. The summed E-state index contributed by atoms with van der Waals surface area (Å²) in [5.74, 6) is 0.458. The standard InChI is InChI=1S/C22H30FN3O2S/c1-14(2)11-20-24-15(3)21(29-20)22(27)25-17-7-9-26(10-8-17)13-16-5-6-19(28-4)18(23)12-16/h5-6,12,14,17H,7-11,13H2,1-4H3,(H,25,27). The Labute approximate surface area is 176 Å². The van der Waals surface area contributed by atoms with E-state index in [4.69, 9.17) is 4.74 Å². The number of likely N-dealkylation sites (tertiary alicyclic amines) is 1. The fourth-order valence-corrected chi connectivity index (χ4v) is 4.83. The zero-order chi connectivity index (χ0) is 21.0. The Morgan fingerprint density at radius 1 is 1.38 bits per heavy atom. The second-order valence-electron chi connectivity index (χ2n) is 8.11. The summed E-state index contributed by atoms with van der Waals surface area (Å²) in [6.07, 6.45) is 2.69. The third-order valence-electron chi connectivity index (χ3n) is 5.18. The number of piperidine rings is 1. The number of benzene rings is 1. The Kier molecular flexibility index (Phi) is 7.24. The number of methoxy groups -OCH3 is 1. The molecule has 158 valence electrons. The number of carbonyl (C=O) groups excluding carboxylic acids is 1. The quantitative estimate of drug-likeness (QED) is 0.731. The molecule has 5 nitrogen and oxygen atoms in total. The molecule has 0 bridgehead atoms. The number of hydrogen-bond donors (Lipinski definition) is 1. The molecule has 1 aromatic heterocycles. The van der Waals surface area contributed by atoms with Crippen LogP contribution < -0.4 is 10.1 Å². The van der Waals surface area contributed by atoms with Crippen molar-refractivity contribution in [2.45, 2.75) is 52.6 Å². The Balaban J connectivity index is 1.50. The van der Waals surface area contributed by atoms with Crippen LogP contribution >= 0.6 is 11.3 Å². The van der Waals surface area contributed by atoms with Gasteiger partial charge in [-0.05, 0) is 43.4 Å². The topological polar surface area (TPSA) is 54.5 Å². The molecular weight excluding hydrogens is 389 g/mol. The van der Waals surface area contributed by atoms with Crippen molar-refractivity contribution in [1.82, 2.24) is 15.2 Å². The lowest BCUT2D eigenvalue weighted by Crippen LogP contribution is -2.44. The van der Waals surface area contributed by atoms with Crippen molar-refractivity contribution < 1.29 is 13.9 Å². The highest BCUT2D eigenvalue weighted by molar-refractivity contribution is 7.13. The number of rotatable bonds is 7. The lowest BCUT2D eigenvalue weighted by Gasteiger charge is -2.32. The van der Waals surface area contributed by atoms with Gasteiger partial charge in [0.05, 0.1) is 17.8 Å². The van der Waals surface area contributed by atoms with Crippen molar-refractivity contribution in [3.63, 3.8) is 0 Å². The van der Waals surface area contributed by atoms with Gasteiger partial charge in [0.2, 0.25) is 0 Å². The molecule has 2 heterocycles. The molecule has 1 saturated heterocycles. The maximum Gasteiger partial charge on any atom is 0.263 e. The Morgan fingerprint density at radius 2 is 2.10 bits per heavy atom. The van der Waals surface area contributed by atoms with Gasteiger partial charge in [0.15, 0.2) is 11.6 Å². The van der Waals surface area contributed by atoms with E-state index < -0.39 is 0 Å². The van der Waals surface area contributed by atoms with Gasteiger partial charge in [0, 0.05) is 32.1 Å². The number of aryl methyl sites for hydroxylation is 1. The minimum atomic E-state index is -0.330. The smallest absolute Gasteiger partial charge is 0.263 e. The van der Waals surface area contributed by atoms with Gasteiger partial charge in [-0.3, -0.25) is 9.69 Å². The molecule has 7 heteroatoms. The number of carbonyl (C=O) groups is 1. The van der Waals surface area contributed by atoms with Crippen LogP contribution in [0.5, 0.6) is 5.75 Å². The molecule has 0 spiro atoms. The minimum Gasteiger partial charge on any atom is -0.494 e. The van der Waals surface area contributed by atoms with Gasteiger partial charge in [0.25, 0.3) is 5.91 Å². The van der Waals surface area contributed by atoms with Crippen molar-refractivity contribution in [3.8, 4) is 5.75 Å². The largest absolute Gasteiger partial charge is 0.494 e. The highest BCUT2D eigenvalue weighted by Crippen LogP contribution is 2.23. The second-order valence-corrected chi connectivity index (χ2v) is 9.20. The fourth-order valence-electron chi connectivity index (χ4n) is 3.65. The van der Waals surface area contributed by atoms with Gasteiger partial charge < -0.3 is 10.1 Å². The van der Waals surface area contributed by atoms with Crippen molar-refractivity contribution in [2.75, 3.05) is 20.2 Å². The van der Waals surface area contributed by atoms with Crippen molar-refractivity contribution in [3.05, 3.63) is 45.2 Å². The molecule has 0 unspecified atom stereocenters. The van der Waals surface area contributed by atoms with Gasteiger partial charge in [-0.15, -0.1) is 11.3 Å². The maximum atomic E-state index is 13.9. The number of hydrogen-bond acceptors (Lipinski definition) is 5. The van der Waals surface area contributed by atoms with E-state index in [0.29, 0.717) is 12.5 Å². The predicted molar refractivity (Wildman–Crippen MR) is 114 cm³/mol. The van der Waals surface area contributed by atoms with E-state index in [9.17, 15) is 9.18 Å². The van der Waals surface area contributed by atoms with Crippen LogP contribution in [-0.4, -0.2) is 42.0 Å². The van der Waals surface area contributed by atoms with Crippen molar-refractivity contribution in [2.24, 2.45) is 5.92 Å². The van der Waals surface area contributed by atoms with Crippen LogP contribution in [0.3, 0.4) is 0 Å². The number of amides is 1. The van der Waals surface area contributed by atoms with Gasteiger partial charge in [-0.1, -0.05) is 19.9 Å². The average molecular weight is 420 g/mol. The summed E-state index contributed by atoms with van der Waals surface area (Å²) in [6.45, 7) is 8.67. The number of thiazole rings is 1. The SMILES string of the molecule is COc1ccc(CN2CCC(NC(=O)c3sc(CC(C)C)nc3C)CC2)cc1F. The highest BCUT2D eigenvalue weighted by Gasteiger charge is 2.23. The third-order valence-corrected chi connectivity index (χ3v) is 6.35. The van der Waals surface area contributed by atoms with Crippen LogP contribution in [0.2, 0.25) is 0 Å². The fraction of sp³-hybridized carbons (Fsp3) is 0.545. The summed E-state index contributed by atoms with van der Waals surface area (Å²) >= 11 is 1.51. The van der Waals surface area contributed by atoms with Gasteiger partial charge in [-0.25, -0.2) is 9.37 Å². The number of halogens is 1. The first-order valence-corrected chi connectivity index (χ1v) is 11.0. The molecular formula is C22H30FN3O2S. The van der Waals surface area contributed by atoms with E-state index in [-0.39, 0.29) is 23.5 Å². The summed E-state index contributed by atoms with van der Waals surface area (Å²) < 4.78 is 18.9. The lowest BCUT2D eigenvalue weighted by molar-refractivity contribution is 0.0912. The molecule has 0 atom stereocenters. The van der Waals surface area contributed by atoms with E-state index in [2.05, 4.69) is 29.0 Å². The van der Waals surface area contributed by atoms with Crippen LogP contribution in [0, 0.1) is 18.7 Å².